The third-order valence-corrected chi connectivity index (χ3v) is 8.69. The second-order valence-corrected chi connectivity index (χ2v) is 10.6. The molecular formula is C19H15Cl3FN3O2S2. The Kier molecular flexibility index (Phi) is 6.25. The third-order valence-electron chi connectivity index (χ3n) is 4.69. The van der Waals surface area contributed by atoms with Crippen LogP contribution in [-0.4, -0.2) is 43.9 Å². The Hall–Kier alpha value is -1.42. The first-order valence-electron chi connectivity index (χ1n) is 8.87. The van der Waals surface area contributed by atoms with Crippen LogP contribution in [0, 0.1) is 5.82 Å². The van der Waals surface area contributed by atoms with E-state index in [9.17, 15) is 12.8 Å². The molecule has 1 aromatic heterocycles. The molecule has 5 nitrogen and oxygen atoms in total. The Bertz CT molecular complexity index is 1180. The highest BCUT2D eigenvalue weighted by Gasteiger charge is 2.31. The number of anilines is 1. The molecule has 2 aromatic carbocycles. The van der Waals surface area contributed by atoms with E-state index in [2.05, 4.69) is 4.98 Å². The van der Waals surface area contributed by atoms with Gasteiger partial charge in [-0.05, 0) is 30.3 Å². The summed E-state index contributed by atoms with van der Waals surface area (Å²) in [5.41, 5.74) is 1.22. The van der Waals surface area contributed by atoms with Gasteiger partial charge in [0.05, 0.1) is 15.7 Å². The fourth-order valence-corrected chi connectivity index (χ4v) is 6.45. The highest BCUT2D eigenvalue weighted by Crippen LogP contribution is 2.33. The van der Waals surface area contributed by atoms with Crippen molar-refractivity contribution in [2.24, 2.45) is 0 Å². The molecule has 0 radical (unpaired) electrons. The summed E-state index contributed by atoms with van der Waals surface area (Å²) in [4.78, 5) is 6.58. The number of piperazine rings is 1. The molecule has 1 saturated heterocycles. The summed E-state index contributed by atoms with van der Waals surface area (Å²) in [7, 11) is -3.75. The van der Waals surface area contributed by atoms with Crippen molar-refractivity contribution >= 4 is 61.3 Å². The maximum absolute atomic E-state index is 13.6. The maximum atomic E-state index is 13.6. The summed E-state index contributed by atoms with van der Waals surface area (Å²) < 4.78 is 40.9. The molecule has 0 aliphatic carbocycles. The van der Waals surface area contributed by atoms with Gasteiger partial charge in [0.25, 0.3) is 0 Å². The topological polar surface area (TPSA) is 53.5 Å². The van der Waals surface area contributed by atoms with Crippen LogP contribution in [-0.2, 0) is 10.0 Å². The lowest BCUT2D eigenvalue weighted by Crippen LogP contribution is -2.48. The van der Waals surface area contributed by atoms with Crippen molar-refractivity contribution in [1.82, 2.24) is 9.29 Å². The van der Waals surface area contributed by atoms with Gasteiger partial charge in [0.1, 0.15) is 10.7 Å². The lowest BCUT2D eigenvalue weighted by molar-refractivity contribution is 0.385. The van der Waals surface area contributed by atoms with Crippen LogP contribution in [0.15, 0.2) is 46.7 Å². The van der Waals surface area contributed by atoms with E-state index in [4.69, 9.17) is 34.8 Å². The number of thiazole rings is 1. The number of sulfonamides is 1. The Labute approximate surface area is 192 Å². The van der Waals surface area contributed by atoms with Gasteiger partial charge in [-0.2, -0.15) is 4.31 Å². The first-order chi connectivity index (χ1) is 14.3. The summed E-state index contributed by atoms with van der Waals surface area (Å²) in [5.74, 6) is -0.425. The highest BCUT2D eigenvalue weighted by atomic mass is 35.5. The number of benzene rings is 2. The summed E-state index contributed by atoms with van der Waals surface area (Å²) in [6, 6.07) is 8.84. The van der Waals surface area contributed by atoms with E-state index < -0.39 is 15.8 Å². The van der Waals surface area contributed by atoms with Crippen LogP contribution in [0.5, 0.6) is 0 Å². The van der Waals surface area contributed by atoms with Gasteiger partial charge in [-0.15, -0.1) is 11.3 Å². The second kappa shape index (κ2) is 8.61. The first-order valence-corrected chi connectivity index (χ1v) is 12.3. The SMILES string of the molecule is O=S(=O)(c1cccc(Cl)c1Cl)N1CCN(c2nc(-c3cc(F)cc(Cl)c3)cs2)CC1. The van der Waals surface area contributed by atoms with Crippen molar-refractivity contribution in [2.45, 2.75) is 4.90 Å². The first kappa shape index (κ1) is 21.8. The lowest BCUT2D eigenvalue weighted by Gasteiger charge is -2.34. The van der Waals surface area contributed by atoms with E-state index in [1.807, 2.05) is 10.3 Å². The molecule has 3 aromatic rings. The normalized spacial score (nSPS) is 15.5. The summed E-state index contributed by atoms with van der Waals surface area (Å²) >= 11 is 19.4. The number of halogens is 4. The van der Waals surface area contributed by atoms with E-state index >= 15 is 0 Å². The predicted octanol–water partition coefficient (Wildman–Crippen LogP) is 5.42. The van der Waals surface area contributed by atoms with Crippen LogP contribution in [0.2, 0.25) is 15.1 Å². The zero-order valence-electron chi connectivity index (χ0n) is 15.4. The van der Waals surface area contributed by atoms with E-state index in [-0.39, 0.29) is 28.0 Å². The smallest absolute Gasteiger partial charge is 0.244 e. The van der Waals surface area contributed by atoms with Crippen molar-refractivity contribution in [2.75, 3.05) is 31.1 Å². The number of rotatable bonds is 4. The van der Waals surface area contributed by atoms with Crippen LogP contribution < -0.4 is 4.90 Å². The van der Waals surface area contributed by atoms with Crippen molar-refractivity contribution < 1.29 is 12.8 Å². The number of nitrogens with zero attached hydrogens (tertiary/aromatic N) is 3. The van der Waals surface area contributed by atoms with Gasteiger partial charge in [-0.25, -0.2) is 17.8 Å². The van der Waals surface area contributed by atoms with Crippen molar-refractivity contribution in [3.05, 3.63) is 62.7 Å². The van der Waals surface area contributed by atoms with Crippen molar-refractivity contribution in [3.8, 4) is 11.3 Å². The molecule has 0 N–H and O–H groups in total. The van der Waals surface area contributed by atoms with E-state index in [0.29, 0.717) is 29.4 Å². The molecule has 0 unspecified atom stereocenters. The minimum absolute atomic E-state index is 0.00429. The average molecular weight is 507 g/mol. The molecule has 0 saturated carbocycles. The van der Waals surface area contributed by atoms with Crippen LogP contribution in [0.1, 0.15) is 0 Å². The van der Waals surface area contributed by atoms with Crippen LogP contribution in [0.4, 0.5) is 9.52 Å². The Morgan fingerprint density at radius 1 is 1.03 bits per heavy atom. The average Bonchev–Trinajstić information content (AvgIpc) is 3.20. The molecule has 0 amide bonds. The summed E-state index contributed by atoms with van der Waals surface area (Å²) in [6.07, 6.45) is 0. The Morgan fingerprint density at radius 2 is 1.77 bits per heavy atom. The van der Waals surface area contributed by atoms with Gasteiger partial charge < -0.3 is 4.90 Å². The molecule has 0 atom stereocenters. The standard InChI is InChI=1S/C19H15Cl3FN3O2S2/c20-13-8-12(9-14(23)10-13)16-11-29-19(24-16)25-4-6-26(7-5-25)30(27,28)17-3-1-2-15(21)18(17)22/h1-3,8-11H,4-7H2. The second-order valence-electron chi connectivity index (χ2n) is 6.62. The predicted molar refractivity (Wildman–Crippen MR) is 120 cm³/mol. The van der Waals surface area contributed by atoms with Gasteiger partial charge in [0.15, 0.2) is 5.13 Å². The zero-order valence-corrected chi connectivity index (χ0v) is 19.3. The van der Waals surface area contributed by atoms with Gasteiger partial charge >= 0.3 is 0 Å². The molecule has 0 spiro atoms. The fourth-order valence-electron chi connectivity index (χ4n) is 3.19. The largest absolute Gasteiger partial charge is 0.345 e. The molecule has 4 rings (SSSR count). The molecule has 1 fully saturated rings. The Balaban J connectivity index is 1.49. The van der Waals surface area contributed by atoms with Crippen LogP contribution in [0.3, 0.4) is 0 Å². The lowest BCUT2D eigenvalue weighted by atomic mass is 10.2. The van der Waals surface area contributed by atoms with Gasteiger partial charge in [0.2, 0.25) is 10.0 Å². The molecule has 0 bridgehead atoms. The summed E-state index contributed by atoms with van der Waals surface area (Å²) in [6.45, 7) is 1.50. The minimum Gasteiger partial charge on any atom is -0.345 e. The van der Waals surface area contributed by atoms with Crippen LogP contribution in [0.25, 0.3) is 11.3 Å². The van der Waals surface area contributed by atoms with Crippen LogP contribution >= 0.6 is 46.1 Å². The molecular weight excluding hydrogens is 492 g/mol. The quantitative estimate of drug-likeness (QED) is 0.474. The molecule has 158 valence electrons. The monoisotopic (exact) mass is 505 g/mol. The van der Waals surface area contributed by atoms with E-state index in [0.717, 1.165) is 5.13 Å². The van der Waals surface area contributed by atoms with Crippen molar-refractivity contribution in [1.29, 1.82) is 0 Å². The van der Waals surface area contributed by atoms with Gasteiger partial charge in [-0.3, -0.25) is 0 Å². The number of hydrogen-bond donors (Lipinski definition) is 0. The van der Waals surface area contributed by atoms with E-state index in [1.165, 1.54) is 33.8 Å². The molecule has 1 aliphatic rings. The highest BCUT2D eigenvalue weighted by molar-refractivity contribution is 7.89. The van der Waals surface area contributed by atoms with Crippen molar-refractivity contribution in [3.63, 3.8) is 0 Å². The number of hydrogen-bond acceptors (Lipinski definition) is 5. The zero-order chi connectivity index (χ0) is 21.5. The maximum Gasteiger partial charge on any atom is 0.244 e. The molecule has 1 aliphatic heterocycles. The summed E-state index contributed by atoms with van der Waals surface area (Å²) in [5, 5.41) is 3.10. The fraction of sp³-hybridized carbons (Fsp3) is 0.211. The van der Waals surface area contributed by atoms with Gasteiger partial charge in [-0.1, -0.05) is 40.9 Å². The van der Waals surface area contributed by atoms with Gasteiger partial charge in [0, 0.05) is 42.1 Å². The van der Waals surface area contributed by atoms with E-state index in [1.54, 1.807) is 18.2 Å². The number of aromatic nitrogens is 1. The third kappa shape index (κ3) is 4.30. The Morgan fingerprint density at radius 3 is 2.47 bits per heavy atom. The minimum atomic E-state index is -3.75. The molecule has 30 heavy (non-hydrogen) atoms. The molecule has 2 heterocycles. The molecule has 11 heteroatoms.